The molecule has 0 amide bonds. The molecule has 2 rings (SSSR count). The Balaban J connectivity index is 2.13. The van der Waals surface area contributed by atoms with Crippen molar-refractivity contribution in [2.75, 3.05) is 24.7 Å². The molecule has 0 aliphatic heterocycles. The Hall–Kier alpha value is -1.73. The van der Waals surface area contributed by atoms with Crippen molar-refractivity contribution in [1.29, 1.82) is 0 Å². The van der Waals surface area contributed by atoms with Gasteiger partial charge in [0.2, 0.25) is 21.8 Å². The summed E-state index contributed by atoms with van der Waals surface area (Å²) in [5.74, 6) is -0.238. The zero-order chi connectivity index (χ0) is 21.7. The number of aromatic nitrogens is 2. The van der Waals surface area contributed by atoms with Gasteiger partial charge in [-0.25, -0.2) is 8.42 Å². The van der Waals surface area contributed by atoms with E-state index in [-0.39, 0.29) is 5.69 Å². The number of para-hydroxylation sites is 1. The topological polar surface area (TPSA) is 90.4 Å². The van der Waals surface area contributed by atoms with E-state index in [2.05, 4.69) is 25.9 Å². The molecule has 1 N–H and O–H groups in total. The van der Waals surface area contributed by atoms with E-state index in [9.17, 15) is 21.6 Å². The van der Waals surface area contributed by atoms with Gasteiger partial charge in [0.1, 0.15) is 5.82 Å². The summed E-state index contributed by atoms with van der Waals surface area (Å²) in [6.07, 6.45) is -4.84. The van der Waals surface area contributed by atoms with Crippen LogP contribution in [0.3, 0.4) is 0 Å². The second-order valence-electron chi connectivity index (χ2n) is 5.61. The van der Waals surface area contributed by atoms with E-state index in [1.807, 2.05) is 4.72 Å². The molecule has 0 atom stereocenters. The number of nitrogens with one attached hydrogen (secondary N) is 1. The quantitative estimate of drug-likeness (QED) is 0.539. The summed E-state index contributed by atoms with van der Waals surface area (Å²) in [4.78, 5) is 8.38. The third-order valence-electron chi connectivity index (χ3n) is 3.34. The average Bonchev–Trinajstić information content (AvgIpc) is 2.62. The van der Waals surface area contributed by atoms with E-state index in [0.29, 0.717) is 39.1 Å². The van der Waals surface area contributed by atoms with Crippen molar-refractivity contribution in [1.82, 2.24) is 9.97 Å². The van der Waals surface area contributed by atoms with Gasteiger partial charge in [-0.3, -0.25) is 4.72 Å². The lowest BCUT2D eigenvalue weighted by Gasteiger charge is -2.15. The predicted octanol–water partition coefficient (Wildman–Crippen LogP) is 3.99. The minimum atomic E-state index is -4.84. The summed E-state index contributed by atoms with van der Waals surface area (Å²) in [5.41, 5.74) is 0.568. The lowest BCUT2D eigenvalue weighted by molar-refractivity contribution is -0.106. The molecule has 0 aliphatic rings. The molecule has 13 heteroatoms. The molecule has 0 fully saturated rings. The Bertz CT molecular complexity index is 937. The Kier molecular flexibility index (Phi) is 8.00. The van der Waals surface area contributed by atoms with Crippen LogP contribution in [-0.2, 0) is 21.5 Å². The molecule has 7 nitrogen and oxygen atoms in total. The first kappa shape index (κ1) is 23.5. The molecule has 2 aromatic rings. The Morgan fingerprint density at radius 3 is 2.31 bits per heavy atom. The lowest BCUT2D eigenvalue weighted by Crippen LogP contribution is -2.28. The van der Waals surface area contributed by atoms with Crippen molar-refractivity contribution >= 4 is 43.4 Å². The normalized spacial score (nSPS) is 11.9. The average molecular weight is 516 g/mol. The van der Waals surface area contributed by atoms with Crippen molar-refractivity contribution in [3.05, 3.63) is 40.1 Å². The van der Waals surface area contributed by atoms with Crippen molar-refractivity contribution in [2.24, 2.45) is 0 Å². The molecule has 0 spiro atoms. The highest BCUT2D eigenvalue weighted by Gasteiger charge is 2.35. The third-order valence-corrected chi connectivity index (χ3v) is 6.20. The highest BCUT2D eigenvalue weighted by atomic mass is 79.9. The van der Waals surface area contributed by atoms with E-state index < -0.39 is 22.0 Å². The number of thioether (sulfide) groups is 1. The molecule has 0 unspecified atom stereocenters. The number of ether oxygens (including phenoxy) is 2. The maximum atomic E-state index is 12.5. The second-order valence-corrected chi connectivity index (χ2v) is 9.17. The molecular formula is C16H17BrF3N3O4S2. The standard InChI is InChI=1S/C16H17BrF3N3O4S2/c1-26-13-6-14(27-2)22-12(21-13)8-28-7-10-4-3-5-11(17)15(10)23-29(24,25)9-16(18,19)20/h3-6,23H,7-9H2,1-2H3. The van der Waals surface area contributed by atoms with Gasteiger partial charge < -0.3 is 9.47 Å². The highest BCUT2D eigenvalue weighted by Crippen LogP contribution is 2.32. The molecule has 0 bridgehead atoms. The Morgan fingerprint density at radius 1 is 1.14 bits per heavy atom. The predicted molar refractivity (Wildman–Crippen MR) is 108 cm³/mol. The molecule has 1 aromatic carbocycles. The number of benzene rings is 1. The van der Waals surface area contributed by atoms with Crippen LogP contribution in [0.1, 0.15) is 11.4 Å². The molecule has 1 aromatic heterocycles. The van der Waals surface area contributed by atoms with E-state index in [0.717, 1.165) is 0 Å². The van der Waals surface area contributed by atoms with Crippen LogP contribution in [0.2, 0.25) is 0 Å². The summed E-state index contributed by atoms with van der Waals surface area (Å²) < 4.78 is 73.7. The number of halogens is 4. The van der Waals surface area contributed by atoms with Crippen LogP contribution in [0.5, 0.6) is 11.8 Å². The van der Waals surface area contributed by atoms with Crippen LogP contribution >= 0.6 is 27.7 Å². The molecule has 29 heavy (non-hydrogen) atoms. The number of sulfonamides is 1. The smallest absolute Gasteiger partial charge is 0.404 e. The number of alkyl halides is 3. The Morgan fingerprint density at radius 2 is 1.76 bits per heavy atom. The van der Waals surface area contributed by atoms with E-state index in [4.69, 9.17) is 9.47 Å². The number of nitrogens with zero attached hydrogens (tertiary/aromatic N) is 2. The van der Waals surface area contributed by atoms with Gasteiger partial charge >= 0.3 is 6.18 Å². The van der Waals surface area contributed by atoms with E-state index in [1.54, 1.807) is 12.1 Å². The molecule has 0 radical (unpaired) electrons. The summed E-state index contributed by atoms with van der Waals surface area (Å²) in [6, 6.07) is 6.34. The van der Waals surface area contributed by atoms with Gasteiger partial charge in [-0.1, -0.05) is 12.1 Å². The minimum Gasteiger partial charge on any atom is -0.481 e. The fourth-order valence-corrected chi connectivity index (χ4v) is 4.75. The van der Waals surface area contributed by atoms with Gasteiger partial charge in [-0.15, -0.1) is 11.8 Å². The van der Waals surface area contributed by atoms with E-state index in [1.165, 1.54) is 38.1 Å². The van der Waals surface area contributed by atoms with Crippen molar-refractivity contribution in [2.45, 2.75) is 17.7 Å². The molecule has 0 aliphatic carbocycles. The van der Waals surface area contributed by atoms with Crippen LogP contribution in [-0.4, -0.2) is 44.5 Å². The zero-order valence-electron chi connectivity index (χ0n) is 15.3. The molecular weight excluding hydrogens is 499 g/mol. The maximum Gasteiger partial charge on any atom is 0.404 e. The van der Waals surface area contributed by atoms with E-state index >= 15 is 0 Å². The first-order valence-corrected chi connectivity index (χ1v) is 11.5. The zero-order valence-corrected chi connectivity index (χ0v) is 18.5. The molecule has 0 saturated carbocycles. The lowest BCUT2D eigenvalue weighted by atomic mass is 10.2. The van der Waals surface area contributed by atoms with Gasteiger partial charge in [0, 0.05) is 10.2 Å². The second kappa shape index (κ2) is 9.85. The van der Waals surface area contributed by atoms with Crippen molar-refractivity contribution in [3.63, 3.8) is 0 Å². The summed E-state index contributed by atoms with van der Waals surface area (Å²) >= 11 is 4.52. The molecule has 1 heterocycles. The van der Waals surface area contributed by atoms with Gasteiger partial charge in [0.05, 0.1) is 31.7 Å². The van der Waals surface area contributed by atoms with Gasteiger partial charge in [0.25, 0.3) is 0 Å². The first-order chi connectivity index (χ1) is 13.5. The Labute approximate surface area is 178 Å². The van der Waals surface area contributed by atoms with Crippen LogP contribution in [0, 0.1) is 0 Å². The summed E-state index contributed by atoms with van der Waals surface area (Å²) in [5, 5.41) is 0. The monoisotopic (exact) mass is 515 g/mol. The first-order valence-electron chi connectivity index (χ1n) is 7.91. The molecule has 160 valence electrons. The number of anilines is 1. The highest BCUT2D eigenvalue weighted by molar-refractivity contribution is 9.10. The van der Waals surface area contributed by atoms with Gasteiger partial charge in [-0.05, 0) is 27.6 Å². The fraction of sp³-hybridized carbons (Fsp3) is 0.375. The largest absolute Gasteiger partial charge is 0.481 e. The summed E-state index contributed by atoms with van der Waals surface area (Å²) in [6.45, 7) is 0. The van der Waals surface area contributed by atoms with Crippen LogP contribution in [0.4, 0.5) is 18.9 Å². The third kappa shape index (κ3) is 7.55. The molecule has 0 saturated heterocycles. The fourth-order valence-electron chi connectivity index (χ4n) is 2.19. The van der Waals surface area contributed by atoms with Crippen LogP contribution in [0.25, 0.3) is 0 Å². The van der Waals surface area contributed by atoms with Crippen LogP contribution in [0.15, 0.2) is 28.7 Å². The number of hydrogen-bond donors (Lipinski definition) is 1. The SMILES string of the molecule is COc1cc(OC)nc(CSCc2cccc(Br)c2NS(=O)(=O)CC(F)(F)F)n1. The maximum absolute atomic E-state index is 12.5. The van der Waals surface area contributed by atoms with Crippen molar-refractivity contribution in [3.8, 4) is 11.8 Å². The van der Waals surface area contributed by atoms with Crippen LogP contribution < -0.4 is 14.2 Å². The summed E-state index contributed by atoms with van der Waals surface area (Å²) in [7, 11) is -1.69. The number of methoxy groups -OCH3 is 2. The van der Waals surface area contributed by atoms with Gasteiger partial charge in [0.15, 0.2) is 5.75 Å². The van der Waals surface area contributed by atoms with Gasteiger partial charge in [-0.2, -0.15) is 23.1 Å². The minimum absolute atomic E-state index is 0.0633. The number of hydrogen-bond acceptors (Lipinski definition) is 7. The number of rotatable bonds is 9. The van der Waals surface area contributed by atoms with Crippen molar-refractivity contribution < 1.29 is 31.1 Å².